The maximum Gasteiger partial charge on any atom is 0.335 e. The van der Waals surface area contributed by atoms with Crippen LogP contribution in [0.5, 0.6) is 0 Å². The summed E-state index contributed by atoms with van der Waals surface area (Å²) in [5.74, 6) is -0.992. The van der Waals surface area contributed by atoms with Gasteiger partial charge >= 0.3 is 5.97 Å². The van der Waals surface area contributed by atoms with Crippen molar-refractivity contribution in [1.82, 2.24) is 4.98 Å². The number of nitrogens with zero attached hydrogens (tertiary/aromatic N) is 1. The quantitative estimate of drug-likeness (QED) is 0.880. The second kappa shape index (κ2) is 5.63. The van der Waals surface area contributed by atoms with E-state index in [1.807, 2.05) is 19.1 Å². The monoisotopic (exact) mass is 257 g/mol. The molecule has 4 nitrogen and oxygen atoms in total. The van der Waals surface area contributed by atoms with E-state index in [9.17, 15) is 4.79 Å². The molecule has 0 atom stereocenters. The molecule has 4 heteroatoms. The number of hydrogen-bond donors (Lipinski definition) is 2. The van der Waals surface area contributed by atoms with E-state index in [2.05, 4.69) is 4.98 Å². The lowest BCUT2D eigenvalue weighted by Crippen LogP contribution is -2.01. The maximum absolute atomic E-state index is 11.0. The number of pyridine rings is 1. The number of carboxylic acids is 1. The highest BCUT2D eigenvalue weighted by Gasteiger charge is 2.07. The lowest BCUT2D eigenvalue weighted by molar-refractivity contribution is 0.0696. The van der Waals surface area contributed by atoms with Crippen LogP contribution in [0.2, 0.25) is 0 Å². The fourth-order valence-electron chi connectivity index (χ4n) is 1.89. The lowest BCUT2D eigenvalue weighted by atomic mass is 10.0. The summed E-state index contributed by atoms with van der Waals surface area (Å²) < 4.78 is 0. The van der Waals surface area contributed by atoms with Crippen LogP contribution in [0, 0.1) is 6.92 Å². The topological polar surface area (TPSA) is 70.4 Å². The van der Waals surface area contributed by atoms with E-state index >= 15 is 0 Å². The zero-order chi connectivity index (χ0) is 13.8. The average molecular weight is 257 g/mol. The van der Waals surface area contributed by atoms with Crippen LogP contribution < -0.4 is 0 Å². The summed E-state index contributed by atoms with van der Waals surface area (Å²) in [6, 6.07) is 8.78. The normalized spacial score (nSPS) is 10.4. The van der Waals surface area contributed by atoms with E-state index in [0.717, 1.165) is 16.8 Å². The molecule has 0 aliphatic rings. The van der Waals surface area contributed by atoms with E-state index in [1.54, 1.807) is 18.3 Å². The van der Waals surface area contributed by atoms with Crippen molar-refractivity contribution in [3.05, 3.63) is 64.5 Å². The molecule has 2 aromatic rings. The predicted molar refractivity (Wildman–Crippen MR) is 71.1 cm³/mol. The first-order valence-electron chi connectivity index (χ1n) is 5.97. The molecule has 0 fully saturated rings. The number of aryl methyl sites for hydroxylation is 1. The van der Waals surface area contributed by atoms with Gasteiger partial charge < -0.3 is 10.2 Å². The van der Waals surface area contributed by atoms with Gasteiger partial charge in [0, 0.05) is 18.3 Å². The second-order valence-electron chi connectivity index (χ2n) is 4.51. The molecular formula is C15H15NO3. The number of carbonyl (C=O) groups is 1. The number of hydrogen-bond acceptors (Lipinski definition) is 3. The summed E-state index contributed by atoms with van der Waals surface area (Å²) in [7, 11) is 0. The Morgan fingerprint density at radius 1 is 1.21 bits per heavy atom. The van der Waals surface area contributed by atoms with Gasteiger partial charge in [-0.3, -0.25) is 4.98 Å². The highest BCUT2D eigenvalue weighted by molar-refractivity contribution is 5.88. The Morgan fingerprint density at radius 2 is 1.95 bits per heavy atom. The minimum Gasteiger partial charge on any atom is -0.478 e. The Hall–Kier alpha value is -2.20. The molecule has 0 saturated heterocycles. The SMILES string of the molecule is Cc1ccc(Cc2cc(CO)cc(C(=O)O)c2)nc1. The molecule has 0 amide bonds. The zero-order valence-corrected chi connectivity index (χ0v) is 10.6. The molecule has 0 spiro atoms. The Labute approximate surface area is 111 Å². The van der Waals surface area contributed by atoms with Crippen molar-refractivity contribution < 1.29 is 15.0 Å². The third kappa shape index (κ3) is 3.39. The minimum atomic E-state index is -0.992. The summed E-state index contributed by atoms with van der Waals surface area (Å²) >= 11 is 0. The first-order chi connectivity index (χ1) is 9.08. The van der Waals surface area contributed by atoms with Crippen LogP contribution in [0.15, 0.2) is 36.5 Å². The van der Waals surface area contributed by atoms with Crippen molar-refractivity contribution in [1.29, 1.82) is 0 Å². The van der Waals surface area contributed by atoms with E-state index in [1.165, 1.54) is 6.07 Å². The molecule has 1 aromatic heterocycles. The fourth-order valence-corrected chi connectivity index (χ4v) is 1.89. The first kappa shape index (κ1) is 13.2. The Bertz CT molecular complexity index is 591. The van der Waals surface area contributed by atoms with Gasteiger partial charge in [0.05, 0.1) is 12.2 Å². The third-order valence-corrected chi connectivity index (χ3v) is 2.84. The van der Waals surface area contributed by atoms with E-state index in [-0.39, 0.29) is 12.2 Å². The van der Waals surface area contributed by atoms with Crippen LogP contribution in [0.3, 0.4) is 0 Å². The molecule has 0 bridgehead atoms. The molecular weight excluding hydrogens is 242 g/mol. The standard InChI is InChI=1S/C15H15NO3/c1-10-2-3-14(16-8-10)7-11-4-12(9-17)6-13(5-11)15(18)19/h2-6,8,17H,7,9H2,1H3,(H,18,19). The fraction of sp³-hybridized carbons (Fsp3) is 0.200. The Balaban J connectivity index is 2.31. The number of aliphatic hydroxyl groups is 1. The summed E-state index contributed by atoms with van der Waals surface area (Å²) in [5, 5.41) is 18.2. The molecule has 0 aliphatic carbocycles. The van der Waals surface area contributed by atoms with Gasteiger partial charge in [0.1, 0.15) is 0 Å². The summed E-state index contributed by atoms with van der Waals surface area (Å²) in [6.07, 6.45) is 2.33. The number of aliphatic hydroxyl groups excluding tert-OH is 1. The van der Waals surface area contributed by atoms with Gasteiger partial charge in [0.15, 0.2) is 0 Å². The average Bonchev–Trinajstić information content (AvgIpc) is 2.41. The highest BCUT2D eigenvalue weighted by Crippen LogP contribution is 2.14. The first-order valence-corrected chi connectivity index (χ1v) is 5.97. The van der Waals surface area contributed by atoms with Crippen LogP contribution in [0.4, 0.5) is 0 Å². The smallest absolute Gasteiger partial charge is 0.335 e. The molecule has 0 radical (unpaired) electrons. The minimum absolute atomic E-state index is 0.171. The second-order valence-corrected chi connectivity index (χ2v) is 4.51. The number of aromatic nitrogens is 1. The van der Waals surface area contributed by atoms with Crippen LogP contribution >= 0.6 is 0 Å². The predicted octanol–water partition coefficient (Wildman–Crippen LogP) is 2.17. The largest absolute Gasteiger partial charge is 0.478 e. The van der Waals surface area contributed by atoms with Crippen molar-refractivity contribution in [3.63, 3.8) is 0 Å². The summed E-state index contributed by atoms with van der Waals surface area (Å²) in [4.78, 5) is 15.3. The molecule has 0 unspecified atom stereocenters. The molecule has 1 heterocycles. The number of carboxylic acid groups (broad SMARTS) is 1. The van der Waals surface area contributed by atoms with E-state index in [4.69, 9.17) is 10.2 Å². The highest BCUT2D eigenvalue weighted by atomic mass is 16.4. The van der Waals surface area contributed by atoms with Crippen molar-refractivity contribution in [2.75, 3.05) is 0 Å². The van der Waals surface area contributed by atoms with Gasteiger partial charge in [-0.1, -0.05) is 12.1 Å². The van der Waals surface area contributed by atoms with Gasteiger partial charge in [-0.15, -0.1) is 0 Å². The number of aromatic carboxylic acids is 1. The maximum atomic E-state index is 11.0. The molecule has 0 saturated carbocycles. The van der Waals surface area contributed by atoms with Gasteiger partial charge in [-0.2, -0.15) is 0 Å². The van der Waals surface area contributed by atoms with Gasteiger partial charge in [0.25, 0.3) is 0 Å². The zero-order valence-electron chi connectivity index (χ0n) is 10.6. The van der Waals surface area contributed by atoms with Crippen LogP contribution in [0.25, 0.3) is 0 Å². The van der Waals surface area contributed by atoms with Crippen LogP contribution in [-0.4, -0.2) is 21.2 Å². The van der Waals surface area contributed by atoms with Gasteiger partial charge in [-0.25, -0.2) is 4.79 Å². The van der Waals surface area contributed by atoms with E-state index < -0.39 is 5.97 Å². The Morgan fingerprint density at radius 3 is 2.53 bits per heavy atom. The van der Waals surface area contributed by atoms with Crippen LogP contribution in [-0.2, 0) is 13.0 Å². The molecule has 1 aromatic carbocycles. The summed E-state index contributed by atoms with van der Waals surface area (Å²) in [5.41, 5.74) is 3.58. The summed E-state index contributed by atoms with van der Waals surface area (Å²) in [6.45, 7) is 1.79. The van der Waals surface area contributed by atoms with Crippen molar-refractivity contribution in [2.24, 2.45) is 0 Å². The molecule has 19 heavy (non-hydrogen) atoms. The van der Waals surface area contributed by atoms with Gasteiger partial charge in [0.2, 0.25) is 0 Å². The molecule has 98 valence electrons. The number of benzene rings is 1. The molecule has 2 N–H and O–H groups in total. The van der Waals surface area contributed by atoms with Crippen LogP contribution in [0.1, 0.15) is 32.7 Å². The number of rotatable bonds is 4. The Kier molecular flexibility index (Phi) is 3.92. The van der Waals surface area contributed by atoms with Gasteiger partial charge in [-0.05, 0) is 41.8 Å². The third-order valence-electron chi connectivity index (χ3n) is 2.84. The molecule has 2 rings (SSSR count). The van der Waals surface area contributed by atoms with E-state index in [0.29, 0.717) is 12.0 Å². The van der Waals surface area contributed by atoms with Crippen molar-refractivity contribution in [3.8, 4) is 0 Å². The lowest BCUT2D eigenvalue weighted by Gasteiger charge is -2.06. The van der Waals surface area contributed by atoms with Crippen molar-refractivity contribution >= 4 is 5.97 Å². The molecule has 0 aliphatic heterocycles. The van der Waals surface area contributed by atoms with Crippen molar-refractivity contribution in [2.45, 2.75) is 20.0 Å².